The van der Waals surface area contributed by atoms with E-state index in [2.05, 4.69) is 15.2 Å². The Hall–Kier alpha value is -2.25. The molecular weight excluding hydrogens is 327 g/mol. The van der Waals surface area contributed by atoms with Gasteiger partial charge in [-0.2, -0.15) is 0 Å². The molecule has 3 aromatic rings. The third-order valence-corrected chi connectivity index (χ3v) is 4.47. The summed E-state index contributed by atoms with van der Waals surface area (Å²) in [6.45, 7) is 1.20. The number of aromatic nitrogens is 4. The summed E-state index contributed by atoms with van der Waals surface area (Å²) in [6.07, 6.45) is 3.45. The van der Waals surface area contributed by atoms with Crippen molar-refractivity contribution < 1.29 is 9.13 Å². The van der Waals surface area contributed by atoms with Crippen LogP contribution in [0.15, 0.2) is 53.9 Å². The van der Waals surface area contributed by atoms with E-state index in [0.29, 0.717) is 18.9 Å². The Bertz CT molecular complexity index is 794. The van der Waals surface area contributed by atoms with Crippen molar-refractivity contribution in [2.45, 2.75) is 17.5 Å². The maximum atomic E-state index is 13.3. The SMILES string of the molecule is COCCn1c(SCc2cccc(F)c2)nnc1-c1ccncc1. The van der Waals surface area contributed by atoms with Crippen LogP contribution in [0, 0.1) is 5.82 Å². The largest absolute Gasteiger partial charge is 0.383 e. The fourth-order valence-electron chi connectivity index (χ4n) is 2.27. The zero-order valence-corrected chi connectivity index (χ0v) is 14.0. The van der Waals surface area contributed by atoms with Crippen LogP contribution in [0.5, 0.6) is 0 Å². The third kappa shape index (κ3) is 3.98. The van der Waals surface area contributed by atoms with Crippen LogP contribution in [0.2, 0.25) is 0 Å². The molecule has 0 spiro atoms. The zero-order chi connectivity index (χ0) is 16.8. The van der Waals surface area contributed by atoms with E-state index in [9.17, 15) is 4.39 Å². The van der Waals surface area contributed by atoms with Crippen LogP contribution in [0.1, 0.15) is 5.56 Å². The van der Waals surface area contributed by atoms with E-state index in [4.69, 9.17) is 4.74 Å². The van der Waals surface area contributed by atoms with Gasteiger partial charge in [-0.1, -0.05) is 23.9 Å². The van der Waals surface area contributed by atoms with Crippen LogP contribution in [0.3, 0.4) is 0 Å². The first-order valence-electron chi connectivity index (χ1n) is 7.47. The molecule has 0 N–H and O–H groups in total. The van der Waals surface area contributed by atoms with Crippen molar-refractivity contribution in [3.8, 4) is 11.4 Å². The summed E-state index contributed by atoms with van der Waals surface area (Å²) < 4.78 is 20.5. The maximum absolute atomic E-state index is 13.3. The highest BCUT2D eigenvalue weighted by Gasteiger charge is 2.14. The van der Waals surface area contributed by atoms with Crippen molar-refractivity contribution in [1.29, 1.82) is 0 Å². The topological polar surface area (TPSA) is 52.8 Å². The average Bonchev–Trinajstić information content (AvgIpc) is 3.02. The molecule has 5 nitrogen and oxygen atoms in total. The standard InChI is InChI=1S/C17H17FN4OS/c1-23-10-9-22-16(14-5-7-19-8-6-14)20-21-17(22)24-12-13-3-2-4-15(18)11-13/h2-8,11H,9-10,12H2,1H3. The second-order valence-electron chi connectivity index (χ2n) is 5.11. The highest BCUT2D eigenvalue weighted by molar-refractivity contribution is 7.98. The molecule has 0 bridgehead atoms. The van der Waals surface area contributed by atoms with Gasteiger partial charge in [0.15, 0.2) is 11.0 Å². The lowest BCUT2D eigenvalue weighted by Crippen LogP contribution is -2.07. The van der Waals surface area contributed by atoms with Crippen LogP contribution in [0.4, 0.5) is 4.39 Å². The molecule has 0 radical (unpaired) electrons. The maximum Gasteiger partial charge on any atom is 0.191 e. The Morgan fingerprint density at radius 2 is 2.00 bits per heavy atom. The number of benzene rings is 1. The van der Waals surface area contributed by atoms with E-state index < -0.39 is 0 Å². The summed E-state index contributed by atoms with van der Waals surface area (Å²) in [6, 6.07) is 10.4. The Morgan fingerprint density at radius 1 is 1.17 bits per heavy atom. The molecule has 0 unspecified atom stereocenters. The van der Waals surface area contributed by atoms with Gasteiger partial charge in [0.05, 0.1) is 13.2 Å². The fourth-order valence-corrected chi connectivity index (χ4v) is 3.18. The van der Waals surface area contributed by atoms with Crippen molar-refractivity contribution >= 4 is 11.8 Å². The van der Waals surface area contributed by atoms with E-state index in [-0.39, 0.29) is 5.82 Å². The monoisotopic (exact) mass is 344 g/mol. The van der Waals surface area contributed by atoms with Gasteiger partial charge >= 0.3 is 0 Å². The number of halogens is 1. The van der Waals surface area contributed by atoms with Crippen molar-refractivity contribution in [2.75, 3.05) is 13.7 Å². The molecule has 124 valence electrons. The number of hydrogen-bond acceptors (Lipinski definition) is 5. The highest BCUT2D eigenvalue weighted by atomic mass is 32.2. The summed E-state index contributed by atoms with van der Waals surface area (Å²) >= 11 is 1.53. The van der Waals surface area contributed by atoms with Crippen molar-refractivity contribution in [1.82, 2.24) is 19.7 Å². The molecule has 24 heavy (non-hydrogen) atoms. The Balaban J connectivity index is 1.83. The van der Waals surface area contributed by atoms with E-state index in [1.54, 1.807) is 25.6 Å². The minimum atomic E-state index is -0.230. The van der Waals surface area contributed by atoms with Gasteiger partial charge in [0, 0.05) is 30.8 Å². The molecular formula is C17H17FN4OS. The lowest BCUT2D eigenvalue weighted by Gasteiger charge is -2.09. The Kier molecular flexibility index (Phi) is 5.55. The fraction of sp³-hybridized carbons (Fsp3) is 0.235. The first-order valence-corrected chi connectivity index (χ1v) is 8.46. The molecule has 0 saturated carbocycles. The predicted octanol–water partition coefficient (Wildman–Crippen LogP) is 3.42. The van der Waals surface area contributed by atoms with E-state index in [1.807, 2.05) is 22.8 Å². The zero-order valence-electron chi connectivity index (χ0n) is 13.2. The van der Waals surface area contributed by atoms with Crippen LogP contribution < -0.4 is 0 Å². The highest BCUT2D eigenvalue weighted by Crippen LogP contribution is 2.26. The lowest BCUT2D eigenvalue weighted by molar-refractivity contribution is 0.185. The lowest BCUT2D eigenvalue weighted by atomic mass is 10.2. The Morgan fingerprint density at radius 3 is 2.75 bits per heavy atom. The minimum Gasteiger partial charge on any atom is -0.383 e. The number of nitrogens with zero attached hydrogens (tertiary/aromatic N) is 4. The van der Waals surface area contributed by atoms with Gasteiger partial charge in [-0.3, -0.25) is 9.55 Å². The second-order valence-corrected chi connectivity index (χ2v) is 6.05. The number of rotatable bonds is 7. The first kappa shape index (κ1) is 16.6. The molecule has 2 heterocycles. The van der Waals surface area contributed by atoms with E-state index in [1.165, 1.54) is 23.9 Å². The molecule has 2 aromatic heterocycles. The minimum absolute atomic E-state index is 0.230. The van der Waals surface area contributed by atoms with Crippen LogP contribution >= 0.6 is 11.8 Å². The summed E-state index contributed by atoms with van der Waals surface area (Å²) in [5.41, 5.74) is 1.86. The molecule has 0 saturated heterocycles. The van der Waals surface area contributed by atoms with E-state index >= 15 is 0 Å². The molecule has 1 aromatic carbocycles. The van der Waals surface area contributed by atoms with Crippen LogP contribution in [-0.2, 0) is 17.0 Å². The normalized spacial score (nSPS) is 10.9. The molecule has 7 heteroatoms. The van der Waals surface area contributed by atoms with Gasteiger partial charge in [-0.15, -0.1) is 10.2 Å². The molecule has 0 aliphatic heterocycles. The number of hydrogen-bond donors (Lipinski definition) is 0. The smallest absolute Gasteiger partial charge is 0.191 e. The number of thioether (sulfide) groups is 1. The van der Waals surface area contributed by atoms with Gasteiger partial charge < -0.3 is 4.74 Å². The third-order valence-electron chi connectivity index (χ3n) is 3.43. The number of ether oxygens (including phenoxy) is 1. The van der Waals surface area contributed by atoms with Crippen molar-refractivity contribution in [2.24, 2.45) is 0 Å². The number of pyridine rings is 1. The second kappa shape index (κ2) is 8.03. The molecule has 0 aliphatic carbocycles. The van der Waals surface area contributed by atoms with Gasteiger partial charge in [-0.25, -0.2) is 4.39 Å². The molecule has 0 atom stereocenters. The van der Waals surface area contributed by atoms with Crippen LogP contribution in [-0.4, -0.2) is 33.5 Å². The van der Waals surface area contributed by atoms with Gasteiger partial charge in [-0.05, 0) is 29.8 Å². The summed E-state index contributed by atoms with van der Waals surface area (Å²) in [5, 5.41) is 9.37. The first-order chi connectivity index (χ1) is 11.8. The summed E-state index contributed by atoms with van der Waals surface area (Å²) in [7, 11) is 1.66. The predicted molar refractivity (Wildman–Crippen MR) is 91.1 cm³/mol. The summed E-state index contributed by atoms with van der Waals surface area (Å²) in [4.78, 5) is 4.03. The molecule has 0 amide bonds. The van der Waals surface area contributed by atoms with Gasteiger partial charge in [0.1, 0.15) is 5.82 Å². The molecule has 3 rings (SSSR count). The summed E-state index contributed by atoms with van der Waals surface area (Å²) in [5.74, 6) is 1.17. The quantitative estimate of drug-likeness (QED) is 0.615. The molecule has 0 fully saturated rings. The van der Waals surface area contributed by atoms with E-state index in [0.717, 1.165) is 22.1 Å². The molecule has 0 aliphatic rings. The van der Waals surface area contributed by atoms with Gasteiger partial charge in [0.25, 0.3) is 0 Å². The van der Waals surface area contributed by atoms with Gasteiger partial charge in [0.2, 0.25) is 0 Å². The Labute approximate surface area is 143 Å². The number of methoxy groups -OCH3 is 1. The van der Waals surface area contributed by atoms with Crippen molar-refractivity contribution in [3.05, 3.63) is 60.2 Å². The average molecular weight is 344 g/mol. The van der Waals surface area contributed by atoms with Crippen LogP contribution in [0.25, 0.3) is 11.4 Å². The van der Waals surface area contributed by atoms with Crippen molar-refractivity contribution in [3.63, 3.8) is 0 Å².